The summed E-state index contributed by atoms with van der Waals surface area (Å²) in [5, 5.41) is 2.59. The summed E-state index contributed by atoms with van der Waals surface area (Å²) in [5.74, 6) is 0.143. The maximum atomic E-state index is 12.5. The van der Waals surface area contributed by atoms with Gasteiger partial charge in [0.05, 0.1) is 33.0 Å². The summed E-state index contributed by atoms with van der Waals surface area (Å²) in [7, 11) is 0. The van der Waals surface area contributed by atoms with Crippen LogP contribution in [0.25, 0.3) is 21.8 Å². The lowest BCUT2D eigenvalue weighted by Gasteiger charge is -2.26. The van der Waals surface area contributed by atoms with Crippen LogP contribution in [0.3, 0.4) is 0 Å². The molecule has 49 heavy (non-hydrogen) atoms. The van der Waals surface area contributed by atoms with Crippen LogP contribution < -0.4 is 5.48 Å². The Hall–Kier alpha value is -3.99. The minimum atomic E-state index is -0.0682. The molecule has 2 aliphatic rings. The van der Waals surface area contributed by atoms with Gasteiger partial charge in [-0.1, -0.05) is 55.3 Å². The van der Waals surface area contributed by atoms with Crippen LogP contribution in [0.15, 0.2) is 79.1 Å². The number of unbranched alkanes of at least 4 members (excludes halogenated alkanes) is 2. The van der Waals surface area contributed by atoms with E-state index in [0.717, 1.165) is 96.9 Å². The molecule has 2 fully saturated rings. The maximum Gasteiger partial charge on any atom is 0.243 e. The van der Waals surface area contributed by atoms with Crippen LogP contribution in [0, 0.1) is 0 Å². The second kappa shape index (κ2) is 16.6. The van der Waals surface area contributed by atoms with E-state index >= 15 is 0 Å². The van der Waals surface area contributed by atoms with Crippen molar-refractivity contribution in [3.8, 4) is 0 Å². The third-order valence-electron chi connectivity index (χ3n) is 9.99. The zero-order valence-corrected chi connectivity index (χ0v) is 28.4. The summed E-state index contributed by atoms with van der Waals surface area (Å²) in [5.41, 5.74) is 11.3. The first kappa shape index (κ1) is 33.5. The highest BCUT2D eigenvalue weighted by molar-refractivity contribution is 5.88. The van der Waals surface area contributed by atoms with Crippen LogP contribution in [0.4, 0.5) is 0 Å². The van der Waals surface area contributed by atoms with Crippen molar-refractivity contribution in [2.45, 2.75) is 57.7 Å². The number of amides is 1. The van der Waals surface area contributed by atoms with E-state index in [0.29, 0.717) is 13.0 Å². The van der Waals surface area contributed by atoms with E-state index in [4.69, 9.17) is 14.3 Å². The van der Waals surface area contributed by atoms with Gasteiger partial charge in [-0.15, -0.1) is 0 Å². The van der Waals surface area contributed by atoms with Gasteiger partial charge in [0.2, 0.25) is 5.91 Å². The quantitative estimate of drug-likeness (QED) is 0.0859. The fraction of sp³-hybridized carbons (Fsp3) is 0.425. The Balaban J connectivity index is 1.07. The van der Waals surface area contributed by atoms with Crippen molar-refractivity contribution in [1.82, 2.24) is 25.2 Å². The van der Waals surface area contributed by atoms with Gasteiger partial charge in [0.25, 0.3) is 0 Å². The van der Waals surface area contributed by atoms with E-state index in [1.165, 1.54) is 44.1 Å². The Bertz CT molecular complexity index is 1690. The minimum absolute atomic E-state index is 0.0682. The molecular weight excluding hydrogens is 614 g/mol. The van der Waals surface area contributed by atoms with Crippen LogP contribution in [0.2, 0.25) is 0 Å². The Morgan fingerprint density at radius 3 is 1.86 bits per heavy atom. The first-order valence-corrected chi connectivity index (χ1v) is 17.9. The number of H-pyrrole nitrogens is 2. The Morgan fingerprint density at radius 1 is 0.714 bits per heavy atom. The molecule has 0 unspecified atom stereocenters. The molecule has 9 heteroatoms. The highest BCUT2D eigenvalue weighted by Crippen LogP contribution is 2.39. The van der Waals surface area contributed by atoms with Gasteiger partial charge in [0.1, 0.15) is 0 Å². The van der Waals surface area contributed by atoms with Gasteiger partial charge < -0.3 is 19.4 Å². The number of aromatic nitrogens is 2. The molecule has 0 aliphatic carbocycles. The van der Waals surface area contributed by atoms with Gasteiger partial charge in [-0.2, -0.15) is 0 Å². The number of fused-ring (bicyclic) bond motifs is 2. The molecule has 4 heterocycles. The van der Waals surface area contributed by atoms with E-state index < -0.39 is 0 Å². The van der Waals surface area contributed by atoms with Gasteiger partial charge in [0, 0.05) is 85.8 Å². The number of hydrogen-bond acceptors (Lipinski definition) is 6. The Kier molecular flexibility index (Phi) is 11.4. The number of carbonyl (C=O) groups excluding carboxylic acids is 1. The number of aromatic amines is 2. The van der Waals surface area contributed by atoms with Gasteiger partial charge >= 0.3 is 0 Å². The fourth-order valence-electron chi connectivity index (χ4n) is 7.30. The zero-order valence-electron chi connectivity index (χ0n) is 28.4. The van der Waals surface area contributed by atoms with Gasteiger partial charge in [-0.05, 0) is 64.9 Å². The number of hydroxylamine groups is 1. The number of carbonyl (C=O) groups is 1. The van der Waals surface area contributed by atoms with Crippen molar-refractivity contribution in [3.05, 3.63) is 107 Å². The molecule has 0 atom stereocenters. The topological polar surface area (TPSA) is 94.9 Å². The zero-order chi connectivity index (χ0) is 33.3. The van der Waals surface area contributed by atoms with E-state index in [2.05, 4.69) is 74.0 Å². The van der Waals surface area contributed by atoms with E-state index in [-0.39, 0.29) is 11.8 Å². The van der Waals surface area contributed by atoms with E-state index in [1.807, 2.05) is 30.3 Å². The molecule has 9 nitrogen and oxygen atoms in total. The number of ether oxygens (including phenoxy) is 2. The lowest BCUT2D eigenvalue weighted by Crippen LogP contribution is -2.35. The van der Waals surface area contributed by atoms with Crippen LogP contribution >= 0.6 is 0 Å². The van der Waals surface area contributed by atoms with Crippen molar-refractivity contribution >= 4 is 27.7 Å². The molecule has 258 valence electrons. The second-order valence-corrected chi connectivity index (χ2v) is 13.5. The molecule has 2 saturated heterocycles. The number of morpholine rings is 2. The van der Waals surface area contributed by atoms with Crippen LogP contribution in [0.1, 0.15) is 65.8 Å². The van der Waals surface area contributed by atoms with Gasteiger partial charge in [0.15, 0.2) is 0 Å². The summed E-state index contributed by atoms with van der Waals surface area (Å²) in [4.78, 5) is 30.1. The molecule has 0 spiro atoms. The molecular formula is C40H49N5O4. The highest BCUT2D eigenvalue weighted by Gasteiger charge is 2.23. The molecule has 1 amide bonds. The third-order valence-corrected chi connectivity index (χ3v) is 9.99. The van der Waals surface area contributed by atoms with E-state index in [9.17, 15) is 4.79 Å². The van der Waals surface area contributed by atoms with Crippen molar-refractivity contribution in [2.75, 3.05) is 52.6 Å². The van der Waals surface area contributed by atoms with Crippen molar-refractivity contribution in [3.63, 3.8) is 0 Å². The number of benzene rings is 3. The average molecular weight is 664 g/mol. The molecule has 0 saturated carbocycles. The third kappa shape index (κ3) is 8.79. The molecule has 7 rings (SSSR count). The van der Waals surface area contributed by atoms with Crippen LogP contribution in [-0.2, 0) is 38.8 Å². The average Bonchev–Trinajstić information content (AvgIpc) is 3.75. The van der Waals surface area contributed by atoms with Crippen LogP contribution in [0.5, 0.6) is 0 Å². The lowest BCUT2D eigenvalue weighted by atomic mass is 9.85. The maximum absolute atomic E-state index is 12.5. The van der Waals surface area contributed by atoms with E-state index in [1.54, 1.807) is 0 Å². The highest BCUT2D eigenvalue weighted by atomic mass is 16.6. The number of nitrogens with zero attached hydrogens (tertiary/aromatic N) is 2. The second-order valence-electron chi connectivity index (χ2n) is 13.5. The smallest absolute Gasteiger partial charge is 0.243 e. The molecule has 3 aromatic carbocycles. The van der Waals surface area contributed by atoms with Crippen molar-refractivity contribution in [1.29, 1.82) is 0 Å². The summed E-state index contributed by atoms with van der Waals surface area (Å²) < 4.78 is 11.2. The first-order valence-electron chi connectivity index (χ1n) is 17.9. The predicted octanol–water partition coefficient (Wildman–Crippen LogP) is 6.64. The van der Waals surface area contributed by atoms with Crippen LogP contribution in [-0.4, -0.2) is 78.3 Å². The predicted molar refractivity (Wildman–Crippen MR) is 193 cm³/mol. The minimum Gasteiger partial charge on any atom is -0.379 e. The van der Waals surface area contributed by atoms with Gasteiger partial charge in [-0.3, -0.25) is 19.4 Å². The summed E-state index contributed by atoms with van der Waals surface area (Å²) in [6, 6.07) is 23.6. The monoisotopic (exact) mass is 663 g/mol. The summed E-state index contributed by atoms with van der Waals surface area (Å²) in [6.07, 6.45) is 8.70. The summed E-state index contributed by atoms with van der Waals surface area (Å²) >= 11 is 0. The lowest BCUT2D eigenvalue weighted by molar-refractivity contribution is -0.134. The number of hydrogen-bond donors (Lipinski definition) is 3. The molecule has 5 aromatic rings. The molecule has 2 aliphatic heterocycles. The Morgan fingerprint density at radius 2 is 1.29 bits per heavy atom. The fourth-order valence-corrected chi connectivity index (χ4v) is 7.30. The normalized spacial score (nSPS) is 16.2. The number of nitrogens with one attached hydrogen (secondary N) is 3. The van der Waals surface area contributed by atoms with Crippen molar-refractivity contribution in [2.24, 2.45) is 0 Å². The standard InChI is InChI=1S/C40H49N5O4/c46-40(43-49-29-30-7-3-1-4-8-30)10-6-2-5-9-33(36-25-41-38-13-11-31(23-34(36)38)27-44-15-19-47-20-16-44)37-26-42-39-14-12-32(24-35(37)39)28-45-17-21-48-22-18-45/h1,3-4,7-8,11-14,23-26,33,41-42H,2,5-6,9-10,15-22,27-29H2,(H,43,46). The largest absolute Gasteiger partial charge is 0.379 e. The molecule has 0 radical (unpaired) electrons. The number of rotatable bonds is 15. The first-order chi connectivity index (χ1) is 24.2. The van der Waals surface area contributed by atoms with Gasteiger partial charge in [-0.25, -0.2) is 5.48 Å². The van der Waals surface area contributed by atoms with Crippen molar-refractivity contribution < 1.29 is 19.1 Å². The molecule has 2 aromatic heterocycles. The summed E-state index contributed by atoms with van der Waals surface area (Å²) in [6.45, 7) is 9.33. The SMILES string of the molecule is O=C(CCCCCC(c1c[nH]c2ccc(CN3CCOCC3)cc12)c1c[nH]c2ccc(CN3CCOCC3)cc12)NOCc1ccccc1. The molecule has 0 bridgehead atoms. The molecule has 3 N–H and O–H groups in total. The Labute approximate surface area is 288 Å².